The number of aromatic nitrogens is 2. The number of benzene rings is 2. The molecular formula is C21H22N4. The van der Waals surface area contributed by atoms with Crippen LogP contribution < -0.4 is 10.2 Å². The Bertz CT molecular complexity index is 933. The minimum atomic E-state index is 0.773. The van der Waals surface area contributed by atoms with Crippen LogP contribution >= 0.6 is 0 Å². The lowest BCUT2D eigenvalue weighted by molar-refractivity contribution is 0.946. The van der Waals surface area contributed by atoms with Gasteiger partial charge in [0.05, 0.1) is 0 Å². The first-order chi connectivity index (χ1) is 12.1. The average molecular weight is 330 g/mol. The second-order valence-electron chi connectivity index (χ2n) is 6.63. The summed E-state index contributed by atoms with van der Waals surface area (Å²) in [5.74, 6) is 2.56. The van der Waals surface area contributed by atoms with Gasteiger partial charge < -0.3 is 10.2 Å². The molecule has 4 nitrogen and oxygen atoms in total. The number of nitrogens with zero attached hydrogens (tertiary/aromatic N) is 3. The van der Waals surface area contributed by atoms with E-state index >= 15 is 0 Å². The summed E-state index contributed by atoms with van der Waals surface area (Å²) in [4.78, 5) is 11.5. The molecule has 1 aliphatic heterocycles. The van der Waals surface area contributed by atoms with E-state index in [9.17, 15) is 0 Å². The van der Waals surface area contributed by atoms with E-state index in [1.807, 2.05) is 13.0 Å². The highest BCUT2D eigenvalue weighted by atomic mass is 15.2. The van der Waals surface area contributed by atoms with E-state index in [1.165, 1.54) is 22.4 Å². The monoisotopic (exact) mass is 330 g/mol. The number of para-hydroxylation sites is 1. The Morgan fingerprint density at radius 2 is 1.80 bits per heavy atom. The first kappa shape index (κ1) is 15.6. The van der Waals surface area contributed by atoms with E-state index in [2.05, 4.69) is 76.5 Å². The third-order valence-electron chi connectivity index (χ3n) is 4.64. The fourth-order valence-electron chi connectivity index (χ4n) is 3.34. The molecule has 0 aliphatic carbocycles. The molecule has 0 fully saturated rings. The van der Waals surface area contributed by atoms with Gasteiger partial charge >= 0.3 is 0 Å². The van der Waals surface area contributed by atoms with E-state index in [4.69, 9.17) is 0 Å². The molecule has 1 N–H and O–H groups in total. The number of hydrogen-bond donors (Lipinski definition) is 1. The quantitative estimate of drug-likeness (QED) is 0.746. The zero-order chi connectivity index (χ0) is 17.4. The van der Waals surface area contributed by atoms with E-state index in [1.54, 1.807) is 0 Å². The molecule has 4 heteroatoms. The number of hydrogen-bond acceptors (Lipinski definition) is 4. The number of anilines is 4. The maximum absolute atomic E-state index is 4.67. The molecule has 0 saturated carbocycles. The summed E-state index contributed by atoms with van der Waals surface area (Å²) < 4.78 is 0. The van der Waals surface area contributed by atoms with Gasteiger partial charge in [0.1, 0.15) is 17.5 Å². The van der Waals surface area contributed by atoms with Gasteiger partial charge in [-0.2, -0.15) is 0 Å². The molecule has 0 unspecified atom stereocenters. The zero-order valence-electron chi connectivity index (χ0n) is 14.9. The van der Waals surface area contributed by atoms with Crippen molar-refractivity contribution in [1.82, 2.24) is 9.97 Å². The number of aryl methyl sites for hydroxylation is 3. The summed E-state index contributed by atoms with van der Waals surface area (Å²) in [5, 5.41) is 3.46. The normalized spacial score (nSPS) is 13.0. The maximum atomic E-state index is 4.67. The summed E-state index contributed by atoms with van der Waals surface area (Å²) >= 11 is 0. The molecule has 2 heterocycles. The van der Waals surface area contributed by atoms with Crippen LogP contribution in [0.1, 0.15) is 22.5 Å². The van der Waals surface area contributed by atoms with Crippen molar-refractivity contribution in [2.75, 3.05) is 16.8 Å². The fourth-order valence-corrected chi connectivity index (χ4v) is 3.34. The van der Waals surface area contributed by atoms with Gasteiger partial charge in [-0.15, -0.1) is 0 Å². The van der Waals surface area contributed by atoms with Gasteiger partial charge in [0.2, 0.25) is 0 Å². The van der Waals surface area contributed by atoms with Crippen LogP contribution in [0.3, 0.4) is 0 Å². The van der Waals surface area contributed by atoms with Gasteiger partial charge in [0.25, 0.3) is 0 Å². The molecule has 0 amide bonds. The molecule has 0 spiro atoms. The highest BCUT2D eigenvalue weighted by Crippen LogP contribution is 2.34. The van der Waals surface area contributed by atoms with Crippen LogP contribution in [-0.2, 0) is 6.42 Å². The average Bonchev–Trinajstić information content (AvgIpc) is 3.02. The molecule has 25 heavy (non-hydrogen) atoms. The van der Waals surface area contributed by atoms with Crippen molar-refractivity contribution in [2.45, 2.75) is 27.2 Å². The van der Waals surface area contributed by atoms with Crippen molar-refractivity contribution in [1.29, 1.82) is 0 Å². The summed E-state index contributed by atoms with van der Waals surface area (Å²) in [7, 11) is 0. The van der Waals surface area contributed by atoms with E-state index in [-0.39, 0.29) is 0 Å². The lowest BCUT2D eigenvalue weighted by Gasteiger charge is -2.20. The maximum Gasteiger partial charge on any atom is 0.138 e. The second-order valence-corrected chi connectivity index (χ2v) is 6.63. The predicted octanol–water partition coefficient (Wildman–Crippen LogP) is 4.84. The Morgan fingerprint density at radius 1 is 0.960 bits per heavy atom. The molecule has 126 valence electrons. The number of nitrogens with one attached hydrogen (secondary N) is 1. The Morgan fingerprint density at radius 3 is 2.68 bits per heavy atom. The Balaban J connectivity index is 1.69. The van der Waals surface area contributed by atoms with Gasteiger partial charge in [-0.3, -0.25) is 0 Å². The smallest absolute Gasteiger partial charge is 0.138 e. The molecule has 1 aliphatic rings. The van der Waals surface area contributed by atoms with Crippen LogP contribution in [-0.4, -0.2) is 16.5 Å². The molecule has 3 aromatic rings. The fraction of sp³-hybridized carbons (Fsp3) is 0.238. The highest BCUT2D eigenvalue weighted by Gasteiger charge is 2.21. The highest BCUT2D eigenvalue weighted by molar-refractivity contribution is 5.70. The summed E-state index contributed by atoms with van der Waals surface area (Å²) in [6, 6.07) is 17.0. The predicted molar refractivity (Wildman–Crippen MR) is 103 cm³/mol. The molecule has 0 bridgehead atoms. The SMILES string of the molecule is Cc1ccc(C)c(Nc2cc(N3CCc4ccccc43)nc(C)n2)c1. The van der Waals surface area contributed by atoms with Gasteiger partial charge in [0, 0.05) is 24.0 Å². The van der Waals surface area contributed by atoms with Crippen LogP contribution in [0.4, 0.5) is 23.0 Å². The van der Waals surface area contributed by atoms with Gasteiger partial charge in [-0.05, 0) is 56.0 Å². The summed E-state index contributed by atoms with van der Waals surface area (Å²) in [6.45, 7) is 7.11. The number of rotatable bonds is 3. The van der Waals surface area contributed by atoms with Crippen molar-refractivity contribution >= 4 is 23.0 Å². The van der Waals surface area contributed by atoms with Crippen LogP contribution in [0.2, 0.25) is 0 Å². The Labute approximate surface area is 148 Å². The minimum Gasteiger partial charge on any atom is -0.340 e. The van der Waals surface area contributed by atoms with Crippen molar-refractivity contribution in [3.8, 4) is 0 Å². The molecule has 4 rings (SSSR count). The molecule has 0 radical (unpaired) electrons. The van der Waals surface area contributed by atoms with Crippen molar-refractivity contribution in [3.63, 3.8) is 0 Å². The lowest BCUT2D eigenvalue weighted by Crippen LogP contribution is -2.16. The van der Waals surface area contributed by atoms with Crippen LogP contribution in [0.15, 0.2) is 48.5 Å². The van der Waals surface area contributed by atoms with Gasteiger partial charge in [-0.1, -0.05) is 30.3 Å². The van der Waals surface area contributed by atoms with Crippen molar-refractivity contribution in [3.05, 3.63) is 71.0 Å². The lowest BCUT2D eigenvalue weighted by atomic mass is 10.1. The van der Waals surface area contributed by atoms with Gasteiger partial charge in [-0.25, -0.2) is 9.97 Å². The summed E-state index contributed by atoms with van der Waals surface area (Å²) in [6.07, 6.45) is 1.05. The van der Waals surface area contributed by atoms with Gasteiger partial charge in [0.15, 0.2) is 0 Å². The second kappa shape index (κ2) is 6.20. The molecule has 0 saturated heterocycles. The van der Waals surface area contributed by atoms with E-state index < -0.39 is 0 Å². The first-order valence-corrected chi connectivity index (χ1v) is 8.65. The number of fused-ring (bicyclic) bond motifs is 1. The van der Waals surface area contributed by atoms with E-state index in [0.717, 1.165) is 36.1 Å². The first-order valence-electron chi connectivity index (χ1n) is 8.65. The Kier molecular flexibility index (Phi) is 3.88. The van der Waals surface area contributed by atoms with Crippen LogP contribution in [0, 0.1) is 20.8 Å². The van der Waals surface area contributed by atoms with Crippen molar-refractivity contribution in [2.24, 2.45) is 0 Å². The Hall–Kier alpha value is -2.88. The zero-order valence-corrected chi connectivity index (χ0v) is 14.9. The third kappa shape index (κ3) is 3.07. The molecule has 1 aromatic heterocycles. The molecule has 2 aromatic carbocycles. The third-order valence-corrected chi connectivity index (χ3v) is 4.64. The van der Waals surface area contributed by atoms with E-state index in [0.29, 0.717) is 0 Å². The largest absolute Gasteiger partial charge is 0.340 e. The molecular weight excluding hydrogens is 308 g/mol. The standard InChI is InChI=1S/C21H22N4/c1-14-8-9-15(2)18(12-14)24-20-13-21(23-16(3)22-20)25-11-10-17-6-4-5-7-19(17)25/h4-9,12-13H,10-11H2,1-3H3,(H,22,23,24). The minimum absolute atomic E-state index is 0.773. The topological polar surface area (TPSA) is 41.0 Å². The van der Waals surface area contributed by atoms with Crippen LogP contribution in [0.25, 0.3) is 0 Å². The molecule has 0 atom stereocenters. The van der Waals surface area contributed by atoms with Crippen LogP contribution in [0.5, 0.6) is 0 Å². The van der Waals surface area contributed by atoms with Crippen molar-refractivity contribution < 1.29 is 0 Å². The summed E-state index contributed by atoms with van der Waals surface area (Å²) in [5.41, 5.74) is 6.15.